The summed E-state index contributed by atoms with van der Waals surface area (Å²) in [6.45, 7) is 3.45. The molecule has 0 heterocycles. The van der Waals surface area contributed by atoms with Crippen molar-refractivity contribution in [3.8, 4) is 17.2 Å². The molecular formula is C20H26N2O3S. The zero-order chi connectivity index (χ0) is 18.8. The van der Waals surface area contributed by atoms with E-state index in [1.54, 1.807) is 14.2 Å². The third-order valence-electron chi connectivity index (χ3n) is 3.82. The summed E-state index contributed by atoms with van der Waals surface area (Å²) >= 11 is 5.36. The van der Waals surface area contributed by atoms with Crippen molar-refractivity contribution in [1.82, 2.24) is 5.32 Å². The molecule has 2 aromatic rings. The summed E-state index contributed by atoms with van der Waals surface area (Å²) < 4.78 is 16.2. The zero-order valence-electron chi connectivity index (χ0n) is 15.5. The molecule has 0 aliphatic rings. The van der Waals surface area contributed by atoms with Gasteiger partial charge in [0.25, 0.3) is 0 Å². The van der Waals surface area contributed by atoms with Crippen LogP contribution in [0.2, 0.25) is 0 Å². The molecule has 0 saturated heterocycles. The standard InChI is InChI=1S/C20H26N2O3S/c1-4-25-17-10-6-5-8-15(17)9-7-13-21-20(26)22-16-11-12-18(23-2)19(14-16)24-3/h5-6,8,10-12,14H,4,7,9,13H2,1-3H3,(H2,21,22,26). The van der Waals surface area contributed by atoms with E-state index in [1.165, 1.54) is 5.56 Å². The van der Waals surface area contributed by atoms with Crippen molar-refractivity contribution >= 4 is 23.0 Å². The van der Waals surface area contributed by atoms with E-state index in [0.29, 0.717) is 23.2 Å². The smallest absolute Gasteiger partial charge is 0.170 e. The van der Waals surface area contributed by atoms with E-state index in [-0.39, 0.29) is 0 Å². The van der Waals surface area contributed by atoms with Crippen LogP contribution in [-0.4, -0.2) is 32.5 Å². The van der Waals surface area contributed by atoms with Crippen molar-refractivity contribution in [3.63, 3.8) is 0 Å². The minimum Gasteiger partial charge on any atom is -0.494 e. The molecule has 2 N–H and O–H groups in total. The first-order chi connectivity index (χ1) is 12.7. The van der Waals surface area contributed by atoms with Crippen LogP contribution in [0.25, 0.3) is 0 Å². The molecule has 2 rings (SSSR count). The van der Waals surface area contributed by atoms with Gasteiger partial charge in [-0.3, -0.25) is 0 Å². The van der Waals surface area contributed by atoms with E-state index in [4.69, 9.17) is 26.4 Å². The third kappa shape index (κ3) is 5.81. The number of rotatable bonds is 9. The summed E-state index contributed by atoms with van der Waals surface area (Å²) in [6.07, 6.45) is 1.89. The Balaban J connectivity index is 1.79. The molecule has 0 aliphatic heterocycles. The molecule has 0 atom stereocenters. The third-order valence-corrected chi connectivity index (χ3v) is 4.07. The molecule has 2 aromatic carbocycles. The SMILES string of the molecule is CCOc1ccccc1CCCNC(=S)Nc1ccc(OC)c(OC)c1. The van der Waals surface area contributed by atoms with Crippen molar-refractivity contribution < 1.29 is 14.2 Å². The molecule has 0 saturated carbocycles. The molecule has 140 valence electrons. The fourth-order valence-corrected chi connectivity index (χ4v) is 2.80. The molecule has 0 aliphatic carbocycles. The Morgan fingerprint density at radius 3 is 2.50 bits per heavy atom. The topological polar surface area (TPSA) is 51.8 Å². The first-order valence-electron chi connectivity index (χ1n) is 8.65. The van der Waals surface area contributed by atoms with Gasteiger partial charge in [-0.25, -0.2) is 0 Å². The number of para-hydroxylation sites is 1. The van der Waals surface area contributed by atoms with Crippen molar-refractivity contribution in [2.75, 3.05) is 32.7 Å². The predicted molar refractivity (Wildman–Crippen MR) is 110 cm³/mol. The van der Waals surface area contributed by atoms with Gasteiger partial charge in [-0.1, -0.05) is 18.2 Å². The van der Waals surface area contributed by atoms with Gasteiger partial charge in [-0.2, -0.15) is 0 Å². The maximum Gasteiger partial charge on any atom is 0.170 e. The van der Waals surface area contributed by atoms with Crippen LogP contribution in [-0.2, 0) is 6.42 Å². The van der Waals surface area contributed by atoms with Crippen LogP contribution in [0.4, 0.5) is 5.69 Å². The second-order valence-corrected chi connectivity index (χ2v) is 6.00. The summed E-state index contributed by atoms with van der Waals surface area (Å²) in [5.74, 6) is 2.30. The first kappa shape index (κ1) is 19.8. The van der Waals surface area contributed by atoms with Crippen LogP contribution in [0, 0.1) is 0 Å². The number of methoxy groups -OCH3 is 2. The van der Waals surface area contributed by atoms with Gasteiger partial charge in [0.15, 0.2) is 16.6 Å². The van der Waals surface area contributed by atoms with Crippen LogP contribution in [0.1, 0.15) is 18.9 Å². The molecule has 0 unspecified atom stereocenters. The second kappa shape index (κ2) is 10.5. The Kier molecular flexibility index (Phi) is 8.02. The molecule has 0 aromatic heterocycles. The Bertz CT molecular complexity index is 722. The number of anilines is 1. The van der Waals surface area contributed by atoms with Gasteiger partial charge in [-0.05, 0) is 55.7 Å². The molecule has 0 radical (unpaired) electrons. The maximum absolute atomic E-state index is 5.65. The number of thiocarbonyl (C=S) groups is 1. The lowest BCUT2D eigenvalue weighted by molar-refractivity contribution is 0.336. The number of ether oxygens (including phenoxy) is 3. The fraction of sp³-hybridized carbons (Fsp3) is 0.350. The summed E-state index contributed by atoms with van der Waals surface area (Å²) in [7, 11) is 3.22. The van der Waals surface area contributed by atoms with Gasteiger partial charge in [-0.15, -0.1) is 0 Å². The van der Waals surface area contributed by atoms with E-state index >= 15 is 0 Å². The monoisotopic (exact) mass is 374 g/mol. The molecule has 0 fully saturated rings. The minimum absolute atomic E-state index is 0.579. The van der Waals surface area contributed by atoms with E-state index in [9.17, 15) is 0 Å². The van der Waals surface area contributed by atoms with Gasteiger partial charge in [0, 0.05) is 18.3 Å². The van der Waals surface area contributed by atoms with Crippen molar-refractivity contribution in [1.29, 1.82) is 0 Å². The summed E-state index contributed by atoms with van der Waals surface area (Å²) in [5, 5.41) is 6.96. The molecule has 0 bridgehead atoms. The average Bonchev–Trinajstić information content (AvgIpc) is 2.66. The van der Waals surface area contributed by atoms with Crippen LogP contribution in [0.15, 0.2) is 42.5 Å². The molecule has 0 spiro atoms. The highest BCUT2D eigenvalue weighted by Crippen LogP contribution is 2.29. The highest BCUT2D eigenvalue weighted by Gasteiger charge is 2.06. The highest BCUT2D eigenvalue weighted by molar-refractivity contribution is 7.80. The van der Waals surface area contributed by atoms with E-state index in [0.717, 1.165) is 30.8 Å². The summed E-state index contributed by atoms with van der Waals surface area (Å²) in [5.41, 5.74) is 2.07. The van der Waals surface area contributed by atoms with Gasteiger partial charge in [0.05, 0.1) is 20.8 Å². The Hall–Kier alpha value is -2.47. The second-order valence-electron chi connectivity index (χ2n) is 5.59. The average molecular weight is 375 g/mol. The molecule has 6 heteroatoms. The molecular weight excluding hydrogens is 348 g/mol. The Labute approximate surface area is 160 Å². The van der Waals surface area contributed by atoms with E-state index < -0.39 is 0 Å². The Morgan fingerprint density at radius 1 is 1.00 bits per heavy atom. The van der Waals surface area contributed by atoms with Crippen LogP contribution < -0.4 is 24.8 Å². The van der Waals surface area contributed by atoms with Gasteiger partial charge >= 0.3 is 0 Å². The number of aryl methyl sites for hydroxylation is 1. The summed E-state index contributed by atoms with van der Waals surface area (Å²) in [6, 6.07) is 13.7. The summed E-state index contributed by atoms with van der Waals surface area (Å²) in [4.78, 5) is 0. The van der Waals surface area contributed by atoms with E-state index in [2.05, 4.69) is 16.7 Å². The van der Waals surface area contributed by atoms with Gasteiger partial charge in [0.1, 0.15) is 5.75 Å². The lowest BCUT2D eigenvalue weighted by Crippen LogP contribution is -2.29. The van der Waals surface area contributed by atoms with Gasteiger partial charge < -0.3 is 24.8 Å². The fourth-order valence-electron chi connectivity index (χ4n) is 2.58. The van der Waals surface area contributed by atoms with E-state index in [1.807, 2.05) is 43.3 Å². The van der Waals surface area contributed by atoms with Crippen LogP contribution in [0.3, 0.4) is 0 Å². The number of nitrogens with one attached hydrogen (secondary N) is 2. The molecule has 5 nitrogen and oxygen atoms in total. The normalized spacial score (nSPS) is 10.1. The van der Waals surface area contributed by atoms with Gasteiger partial charge in [0.2, 0.25) is 0 Å². The van der Waals surface area contributed by atoms with Crippen molar-refractivity contribution in [2.45, 2.75) is 19.8 Å². The Morgan fingerprint density at radius 2 is 1.77 bits per heavy atom. The zero-order valence-corrected chi connectivity index (χ0v) is 16.3. The van der Waals surface area contributed by atoms with Crippen molar-refractivity contribution in [2.24, 2.45) is 0 Å². The number of hydrogen-bond donors (Lipinski definition) is 2. The van der Waals surface area contributed by atoms with Crippen LogP contribution >= 0.6 is 12.2 Å². The maximum atomic E-state index is 5.65. The highest BCUT2D eigenvalue weighted by atomic mass is 32.1. The molecule has 0 amide bonds. The largest absolute Gasteiger partial charge is 0.494 e. The molecule has 26 heavy (non-hydrogen) atoms. The predicted octanol–water partition coefficient (Wildman–Crippen LogP) is 4.02. The first-order valence-corrected chi connectivity index (χ1v) is 9.06. The lowest BCUT2D eigenvalue weighted by Gasteiger charge is -2.13. The van der Waals surface area contributed by atoms with Crippen molar-refractivity contribution in [3.05, 3.63) is 48.0 Å². The van der Waals surface area contributed by atoms with Crippen LogP contribution in [0.5, 0.6) is 17.2 Å². The number of benzene rings is 2. The number of hydrogen-bond acceptors (Lipinski definition) is 4. The minimum atomic E-state index is 0.579. The lowest BCUT2D eigenvalue weighted by atomic mass is 10.1. The quantitative estimate of drug-likeness (QED) is 0.511.